The fourth-order valence-electron chi connectivity index (χ4n) is 4.60. The Morgan fingerprint density at radius 1 is 1.21 bits per heavy atom. The Morgan fingerprint density at radius 3 is 2.67 bits per heavy atom. The molecule has 3 heterocycles. The lowest BCUT2D eigenvalue weighted by atomic mass is 9.76. The maximum atomic E-state index is 12.5. The number of rotatable bonds is 3. The van der Waals surface area contributed by atoms with Gasteiger partial charge in [-0.1, -0.05) is 30.3 Å². The van der Waals surface area contributed by atoms with Gasteiger partial charge in [-0.2, -0.15) is 0 Å². The molecule has 1 aromatic heterocycles. The smallest absolute Gasteiger partial charge is 0.310 e. The normalized spacial score (nSPS) is 29.6. The van der Waals surface area contributed by atoms with Crippen LogP contribution in [0.1, 0.15) is 30.7 Å². The molecule has 3 nitrogen and oxygen atoms in total. The summed E-state index contributed by atoms with van der Waals surface area (Å²) in [6.07, 6.45) is 3.34. The molecule has 4 rings (SSSR count). The van der Waals surface area contributed by atoms with Crippen molar-refractivity contribution in [3.63, 3.8) is 0 Å². The highest BCUT2D eigenvalue weighted by Gasteiger charge is 2.49. The van der Waals surface area contributed by atoms with E-state index in [1.807, 2.05) is 0 Å². The van der Waals surface area contributed by atoms with Crippen LogP contribution in [0.5, 0.6) is 0 Å². The SMILES string of the molecule is COC(=O)[C@H]1[C@@H](c2ccc(-c3cccs3)cc2)C[C@@H]2CC[C@H]1N2C. The fourth-order valence-corrected chi connectivity index (χ4v) is 5.34. The van der Waals surface area contributed by atoms with Crippen LogP contribution in [0.2, 0.25) is 0 Å². The van der Waals surface area contributed by atoms with E-state index in [1.165, 1.54) is 29.5 Å². The third-order valence-corrected chi connectivity index (χ3v) is 6.81. The highest BCUT2D eigenvalue weighted by atomic mass is 32.1. The minimum atomic E-state index is -0.0560. The van der Waals surface area contributed by atoms with Crippen molar-refractivity contribution >= 4 is 17.3 Å². The van der Waals surface area contributed by atoms with Crippen LogP contribution < -0.4 is 0 Å². The van der Waals surface area contributed by atoms with Crippen LogP contribution in [0, 0.1) is 5.92 Å². The van der Waals surface area contributed by atoms with Crippen molar-refractivity contribution in [1.29, 1.82) is 0 Å². The topological polar surface area (TPSA) is 29.5 Å². The van der Waals surface area contributed by atoms with E-state index in [-0.39, 0.29) is 17.8 Å². The first-order valence-electron chi connectivity index (χ1n) is 8.62. The molecule has 0 saturated carbocycles. The summed E-state index contributed by atoms with van der Waals surface area (Å²) in [5.74, 6) is 0.161. The van der Waals surface area contributed by atoms with Crippen LogP contribution >= 0.6 is 11.3 Å². The molecule has 2 fully saturated rings. The summed E-state index contributed by atoms with van der Waals surface area (Å²) in [4.78, 5) is 16.2. The van der Waals surface area contributed by atoms with Gasteiger partial charge in [-0.25, -0.2) is 0 Å². The van der Waals surface area contributed by atoms with Crippen molar-refractivity contribution in [2.24, 2.45) is 5.92 Å². The highest BCUT2D eigenvalue weighted by molar-refractivity contribution is 7.13. The number of carbonyl (C=O) groups excluding carboxylic acids is 1. The first-order chi connectivity index (χ1) is 11.7. The minimum absolute atomic E-state index is 0.0497. The Morgan fingerprint density at radius 2 is 2.00 bits per heavy atom. The van der Waals surface area contributed by atoms with Gasteiger partial charge in [0, 0.05) is 22.9 Å². The van der Waals surface area contributed by atoms with E-state index < -0.39 is 0 Å². The maximum absolute atomic E-state index is 12.5. The van der Waals surface area contributed by atoms with Gasteiger partial charge in [0.05, 0.1) is 13.0 Å². The molecule has 2 bridgehead atoms. The lowest BCUT2D eigenvalue weighted by molar-refractivity contribution is -0.150. The molecule has 2 aromatic rings. The lowest BCUT2D eigenvalue weighted by Crippen LogP contribution is -2.49. The zero-order valence-corrected chi connectivity index (χ0v) is 15.0. The summed E-state index contributed by atoms with van der Waals surface area (Å²) < 4.78 is 5.16. The number of piperidine rings is 1. The van der Waals surface area contributed by atoms with E-state index >= 15 is 0 Å². The average Bonchev–Trinajstić information content (AvgIpc) is 3.21. The molecule has 0 amide bonds. The standard InChI is InChI=1S/C20H23NO2S/c1-21-15-9-10-17(21)19(20(22)23-2)16(12-15)13-5-7-14(8-6-13)18-4-3-11-24-18/h3-8,11,15-17,19H,9-10,12H2,1-2H3/t15-,16+,17+,19-/m0/s1. The quantitative estimate of drug-likeness (QED) is 0.785. The molecular weight excluding hydrogens is 318 g/mol. The van der Waals surface area contributed by atoms with Gasteiger partial charge in [-0.05, 0) is 48.9 Å². The molecule has 0 unspecified atom stereocenters. The van der Waals surface area contributed by atoms with Gasteiger partial charge in [0.15, 0.2) is 0 Å². The second kappa shape index (κ2) is 6.34. The molecule has 2 aliphatic heterocycles. The number of esters is 1. The number of fused-ring (bicyclic) bond motifs is 2. The van der Waals surface area contributed by atoms with E-state index in [0.29, 0.717) is 12.1 Å². The van der Waals surface area contributed by atoms with E-state index in [0.717, 1.165) is 12.8 Å². The Bertz CT molecular complexity index is 710. The summed E-state index contributed by atoms with van der Waals surface area (Å²) in [5, 5.41) is 2.10. The number of methoxy groups -OCH3 is 1. The Balaban J connectivity index is 1.65. The molecule has 0 N–H and O–H groups in total. The second-order valence-corrected chi connectivity index (χ2v) is 7.90. The molecule has 2 aliphatic rings. The molecule has 4 atom stereocenters. The third-order valence-electron chi connectivity index (χ3n) is 5.89. The molecule has 1 aromatic carbocycles. The van der Waals surface area contributed by atoms with Gasteiger partial charge >= 0.3 is 5.97 Å². The number of hydrogen-bond acceptors (Lipinski definition) is 4. The average molecular weight is 341 g/mol. The molecule has 126 valence electrons. The van der Waals surface area contributed by atoms with Crippen LogP contribution in [0.4, 0.5) is 0 Å². The van der Waals surface area contributed by atoms with Gasteiger partial charge in [-0.3, -0.25) is 9.69 Å². The third kappa shape index (κ3) is 2.58. The zero-order chi connectivity index (χ0) is 16.7. The highest BCUT2D eigenvalue weighted by Crippen LogP contribution is 2.46. The van der Waals surface area contributed by atoms with E-state index in [1.54, 1.807) is 11.3 Å². The Hall–Kier alpha value is -1.65. The number of benzene rings is 1. The number of hydrogen-bond donors (Lipinski definition) is 0. The molecule has 0 spiro atoms. The predicted octanol–water partition coefficient (Wildman–Crippen LogP) is 4.15. The second-order valence-electron chi connectivity index (χ2n) is 6.95. The molecular formula is C20H23NO2S. The molecule has 0 aliphatic carbocycles. The summed E-state index contributed by atoms with van der Waals surface area (Å²) in [5.41, 5.74) is 2.52. The number of nitrogens with zero attached hydrogens (tertiary/aromatic N) is 1. The Labute approximate surface area is 147 Å². The van der Waals surface area contributed by atoms with Crippen LogP contribution in [-0.2, 0) is 9.53 Å². The van der Waals surface area contributed by atoms with E-state index in [4.69, 9.17) is 4.74 Å². The van der Waals surface area contributed by atoms with Gasteiger partial charge < -0.3 is 4.74 Å². The van der Waals surface area contributed by atoms with Crippen molar-refractivity contribution in [3.05, 3.63) is 47.3 Å². The maximum Gasteiger partial charge on any atom is 0.310 e. The molecule has 0 radical (unpaired) electrons. The minimum Gasteiger partial charge on any atom is -0.469 e. The lowest BCUT2D eigenvalue weighted by Gasteiger charge is -2.41. The van der Waals surface area contributed by atoms with Crippen molar-refractivity contribution < 1.29 is 9.53 Å². The molecule has 2 saturated heterocycles. The fraction of sp³-hybridized carbons (Fsp3) is 0.450. The predicted molar refractivity (Wildman–Crippen MR) is 97.2 cm³/mol. The van der Waals surface area contributed by atoms with Crippen LogP contribution in [-0.4, -0.2) is 37.1 Å². The molecule has 24 heavy (non-hydrogen) atoms. The molecule has 4 heteroatoms. The van der Waals surface area contributed by atoms with Gasteiger partial charge in [0.1, 0.15) is 0 Å². The van der Waals surface area contributed by atoms with E-state index in [2.05, 4.69) is 53.7 Å². The first-order valence-corrected chi connectivity index (χ1v) is 9.50. The Kier molecular flexibility index (Phi) is 4.19. The van der Waals surface area contributed by atoms with E-state index in [9.17, 15) is 4.79 Å². The van der Waals surface area contributed by atoms with Crippen LogP contribution in [0.25, 0.3) is 10.4 Å². The number of thiophene rings is 1. The first kappa shape index (κ1) is 15.9. The van der Waals surface area contributed by atoms with Crippen LogP contribution in [0.3, 0.4) is 0 Å². The summed E-state index contributed by atoms with van der Waals surface area (Å²) in [6.45, 7) is 0. The summed E-state index contributed by atoms with van der Waals surface area (Å²) >= 11 is 1.76. The van der Waals surface area contributed by atoms with Crippen molar-refractivity contribution in [3.8, 4) is 10.4 Å². The van der Waals surface area contributed by atoms with Crippen LogP contribution in [0.15, 0.2) is 41.8 Å². The monoisotopic (exact) mass is 341 g/mol. The van der Waals surface area contributed by atoms with Crippen molar-refractivity contribution in [1.82, 2.24) is 4.90 Å². The summed E-state index contributed by atoms with van der Waals surface area (Å²) in [7, 11) is 3.68. The van der Waals surface area contributed by atoms with Crippen molar-refractivity contribution in [2.75, 3.05) is 14.2 Å². The van der Waals surface area contributed by atoms with Gasteiger partial charge in [0.25, 0.3) is 0 Å². The summed E-state index contributed by atoms with van der Waals surface area (Å²) in [6, 6.07) is 13.9. The largest absolute Gasteiger partial charge is 0.469 e. The number of carbonyl (C=O) groups is 1. The zero-order valence-electron chi connectivity index (χ0n) is 14.1. The van der Waals surface area contributed by atoms with Crippen molar-refractivity contribution in [2.45, 2.75) is 37.3 Å². The van der Waals surface area contributed by atoms with Gasteiger partial charge in [-0.15, -0.1) is 11.3 Å². The van der Waals surface area contributed by atoms with Gasteiger partial charge in [0.2, 0.25) is 0 Å². The number of ether oxygens (including phenoxy) is 1.